The van der Waals surface area contributed by atoms with E-state index in [0.717, 1.165) is 4.68 Å². The second-order valence-corrected chi connectivity index (χ2v) is 6.03. The van der Waals surface area contributed by atoms with E-state index in [9.17, 15) is 14.4 Å². The summed E-state index contributed by atoms with van der Waals surface area (Å²) < 4.78 is 1.11. The predicted molar refractivity (Wildman–Crippen MR) is 103 cm³/mol. The zero-order valence-corrected chi connectivity index (χ0v) is 15.0. The van der Waals surface area contributed by atoms with Crippen LogP contribution in [0.2, 0.25) is 0 Å². The Morgan fingerprint density at radius 2 is 1.67 bits per heavy atom. The topological polar surface area (TPSA) is 106 Å². The van der Waals surface area contributed by atoms with Gasteiger partial charge in [0.25, 0.3) is 5.56 Å². The summed E-state index contributed by atoms with van der Waals surface area (Å²) in [6.07, 6.45) is 0.378. The molecule has 1 atom stereocenters. The second-order valence-electron chi connectivity index (χ2n) is 6.03. The zero-order chi connectivity index (χ0) is 19.4. The predicted octanol–water partition coefficient (Wildman–Crippen LogP) is 2.34. The fourth-order valence-electron chi connectivity index (χ4n) is 2.74. The van der Waals surface area contributed by atoms with Crippen LogP contribution >= 0.6 is 0 Å². The molecule has 2 N–H and O–H groups in total. The number of rotatable bonds is 5. The van der Waals surface area contributed by atoms with Crippen molar-refractivity contribution in [1.82, 2.24) is 15.0 Å². The van der Waals surface area contributed by atoms with Gasteiger partial charge in [0.05, 0.1) is 5.39 Å². The van der Waals surface area contributed by atoms with E-state index in [-0.39, 0.29) is 17.4 Å². The fourth-order valence-corrected chi connectivity index (χ4v) is 2.74. The van der Waals surface area contributed by atoms with Crippen molar-refractivity contribution in [3.63, 3.8) is 0 Å². The molecule has 0 aliphatic heterocycles. The quantitative estimate of drug-likeness (QED) is 0.722. The minimum Gasteiger partial charge on any atom is -0.326 e. The van der Waals surface area contributed by atoms with Gasteiger partial charge in [-0.2, -0.15) is 4.68 Å². The van der Waals surface area contributed by atoms with E-state index in [1.165, 1.54) is 6.92 Å². The highest BCUT2D eigenvalue weighted by molar-refractivity contribution is 5.94. The van der Waals surface area contributed by atoms with Gasteiger partial charge in [-0.3, -0.25) is 14.4 Å². The lowest BCUT2D eigenvalue weighted by atomic mass is 10.2. The van der Waals surface area contributed by atoms with Crippen LogP contribution in [0.5, 0.6) is 0 Å². The SMILES string of the molecule is CC[C@H](C(=O)Nc1ccc(NC(C)=O)cc1)n1nnc2ccccc2c1=O. The molecular weight excluding hydrogens is 346 g/mol. The number of benzene rings is 2. The minimum atomic E-state index is -0.787. The van der Waals surface area contributed by atoms with Crippen LogP contribution in [0.1, 0.15) is 26.3 Å². The maximum atomic E-state index is 12.7. The normalized spacial score (nSPS) is 11.8. The molecule has 0 fully saturated rings. The molecule has 0 aliphatic rings. The summed E-state index contributed by atoms with van der Waals surface area (Å²) in [5.74, 6) is -0.538. The molecule has 0 unspecified atom stereocenters. The Balaban J connectivity index is 1.83. The highest BCUT2D eigenvalue weighted by Crippen LogP contribution is 2.17. The Morgan fingerprint density at radius 1 is 1.04 bits per heavy atom. The molecule has 0 bridgehead atoms. The average molecular weight is 365 g/mol. The highest BCUT2D eigenvalue weighted by atomic mass is 16.2. The van der Waals surface area contributed by atoms with Crippen LogP contribution in [-0.2, 0) is 9.59 Å². The minimum absolute atomic E-state index is 0.174. The molecule has 3 aromatic rings. The van der Waals surface area contributed by atoms with Crippen LogP contribution in [0.4, 0.5) is 11.4 Å². The summed E-state index contributed by atoms with van der Waals surface area (Å²) in [5.41, 5.74) is 1.31. The van der Waals surface area contributed by atoms with Crippen LogP contribution in [0.15, 0.2) is 53.3 Å². The summed E-state index contributed by atoms with van der Waals surface area (Å²) in [4.78, 5) is 36.4. The summed E-state index contributed by atoms with van der Waals surface area (Å²) in [7, 11) is 0. The van der Waals surface area contributed by atoms with E-state index < -0.39 is 6.04 Å². The van der Waals surface area contributed by atoms with Crippen LogP contribution in [0.3, 0.4) is 0 Å². The van der Waals surface area contributed by atoms with Crippen LogP contribution < -0.4 is 16.2 Å². The highest BCUT2D eigenvalue weighted by Gasteiger charge is 2.22. The first kappa shape index (κ1) is 18.2. The van der Waals surface area contributed by atoms with Crippen molar-refractivity contribution < 1.29 is 9.59 Å². The van der Waals surface area contributed by atoms with E-state index in [2.05, 4.69) is 20.9 Å². The molecule has 1 aromatic heterocycles. The molecule has 2 aromatic carbocycles. The van der Waals surface area contributed by atoms with Crippen LogP contribution in [0, 0.1) is 0 Å². The van der Waals surface area contributed by atoms with E-state index in [0.29, 0.717) is 28.7 Å². The monoisotopic (exact) mass is 365 g/mol. The Bertz CT molecular complexity index is 1040. The molecule has 3 rings (SSSR count). The number of aromatic nitrogens is 3. The van der Waals surface area contributed by atoms with Gasteiger partial charge in [0, 0.05) is 18.3 Å². The second kappa shape index (κ2) is 7.77. The Morgan fingerprint density at radius 3 is 2.30 bits per heavy atom. The molecule has 8 heteroatoms. The first-order valence-corrected chi connectivity index (χ1v) is 8.52. The Kier molecular flexibility index (Phi) is 5.25. The standard InChI is InChI=1S/C19H19N5O3/c1-3-17(24-19(27)15-6-4-5-7-16(15)22-23-24)18(26)21-14-10-8-13(9-11-14)20-12(2)25/h4-11,17H,3H2,1-2H3,(H,20,25)(H,21,26)/t17-/m1/s1. The van der Waals surface area contributed by atoms with E-state index in [1.807, 2.05) is 0 Å². The first-order valence-electron chi connectivity index (χ1n) is 8.52. The molecule has 0 spiro atoms. The number of hydrogen-bond acceptors (Lipinski definition) is 5. The fraction of sp³-hybridized carbons (Fsp3) is 0.211. The summed E-state index contributed by atoms with van der Waals surface area (Å²) in [6, 6.07) is 12.8. The number of carbonyl (C=O) groups is 2. The number of amides is 2. The van der Waals surface area contributed by atoms with Crippen molar-refractivity contribution in [2.45, 2.75) is 26.3 Å². The van der Waals surface area contributed by atoms with Crippen molar-refractivity contribution >= 4 is 34.1 Å². The van der Waals surface area contributed by atoms with Crippen molar-refractivity contribution in [3.05, 3.63) is 58.9 Å². The van der Waals surface area contributed by atoms with Gasteiger partial charge in [0.1, 0.15) is 11.6 Å². The van der Waals surface area contributed by atoms with Gasteiger partial charge in [0.2, 0.25) is 11.8 Å². The smallest absolute Gasteiger partial charge is 0.278 e. The van der Waals surface area contributed by atoms with Gasteiger partial charge in [-0.25, -0.2) is 0 Å². The molecular formula is C19H19N5O3. The molecule has 2 amide bonds. The number of anilines is 2. The Hall–Kier alpha value is -3.55. The summed E-state index contributed by atoms with van der Waals surface area (Å²) >= 11 is 0. The number of nitrogens with zero attached hydrogens (tertiary/aromatic N) is 3. The van der Waals surface area contributed by atoms with E-state index >= 15 is 0 Å². The molecule has 0 radical (unpaired) electrons. The van der Waals surface area contributed by atoms with Gasteiger partial charge < -0.3 is 10.6 Å². The number of carbonyl (C=O) groups excluding carboxylic acids is 2. The maximum Gasteiger partial charge on any atom is 0.278 e. The molecule has 0 aliphatic carbocycles. The molecule has 8 nitrogen and oxygen atoms in total. The average Bonchev–Trinajstić information content (AvgIpc) is 2.65. The molecule has 138 valence electrons. The van der Waals surface area contributed by atoms with Gasteiger partial charge in [0.15, 0.2) is 0 Å². The van der Waals surface area contributed by atoms with Crippen molar-refractivity contribution in [2.75, 3.05) is 10.6 Å². The number of hydrogen-bond donors (Lipinski definition) is 2. The lowest BCUT2D eigenvalue weighted by molar-refractivity contribution is -0.119. The maximum absolute atomic E-state index is 12.7. The third-order valence-electron chi connectivity index (χ3n) is 4.05. The number of nitrogens with one attached hydrogen (secondary N) is 2. The lowest BCUT2D eigenvalue weighted by Gasteiger charge is -2.16. The van der Waals surface area contributed by atoms with Gasteiger partial charge in [-0.05, 0) is 42.8 Å². The van der Waals surface area contributed by atoms with Crippen LogP contribution in [-0.4, -0.2) is 26.8 Å². The summed E-state index contributed by atoms with van der Waals surface area (Å²) in [5, 5.41) is 13.8. The summed E-state index contributed by atoms with van der Waals surface area (Å²) in [6.45, 7) is 3.22. The molecule has 1 heterocycles. The zero-order valence-electron chi connectivity index (χ0n) is 15.0. The lowest BCUT2D eigenvalue weighted by Crippen LogP contribution is -2.35. The molecule has 0 saturated carbocycles. The van der Waals surface area contributed by atoms with Gasteiger partial charge in [-0.15, -0.1) is 5.10 Å². The van der Waals surface area contributed by atoms with Crippen LogP contribution in [0.25, 0.3) is 10.9 Å². The Labute approximate surface area is 155 Å². The van der Waals surface area contributed by atoms with Crippen molar-refractivity contribution in [3.8, 4) is 0 Å². The van der Waals surface area contributed by atoms with E-state index in [4.69, 9.17) is 0 Å². The van der Waals surface area contributed by atoms with E-state index in [1.54, 1.807) is 55.5 Å². The third-order valence-corrected chi connectivity index (χ3v) is 4.05. The molecule has 27 heavy (non-hydrogen) atoms. The number of fused-ring (bicyclic) bond motifs is 1. The third kappa shape index (κ3) is 4.00. The van der Waals surface area contributed by atoms with Crippen molar-refractivity contribution in [2.24, 2.45) is 0 Å². The molecule has 0 saturated heterocycles. The van der Waals surface area contributed by atoms with Crippen molar-refractivity contribution in [1.29, 1.82) is 0 Å². The largest absolute Gasteiger partial charge is 0.326 e. The van der Waals surface area contributed by atoms with Gasteiger partial charge in [-0.1, -0.05) is 24.3 Å². The van der Waals surface area contributed by atoms with Gasteiger partial charge >= 0.3 is 0 Å². The first-order chi connectivity index (χ1) is 13.0.